The zero-order valence-corrected chi connectivity index (χ0v) is 14.3. The van der Waals surface area contributed by atoms with Crippen molar-refractivity contribution in [2.75, 3.05) is 13.2 Å². The Balaban J connectivity index is 1.55. The molecule has 2 aliphatic rings. The van der Waals surface area contributed by atoms with E-state index in [1.807, 2.05) is 23.1 Å². The molecule has 2 aromatic rings. The lowest BCUT2D eigenvalue weighted by molar-refractivity contribution is 0.0733. The van der Waals surface area contributed by atoms with Crippen LogP contribution >= 0.6 is 0 Å². The van der Waals surface area contributed by atoms with E-state index in [4.69, 9.17) is 4.74 Å². The molecular formula is C19H23N3O2. The second-order valence-corrected chi connectivity index (χ2v) is 7.12. The molecule has 24 heavy (non-hydrogen) atoms. The number of rotatable bonds is 3. The highest BCUT2D eigenvalue weighted by Gasteiger charge is 2.26. The van der Waals surface area contributed by atoms with Crippen molar-refractivity contribution >= 4 is 5.91 Å². The lowest BCUT2D eigenvalue weighted by Gasteiger charge is -2.27. The van der Waals surface area contributed by atoms with Crippen molar-refractivity contribution < 1.29 is 9.53 Å². The van der Waals surface area contributed by atoms with E-state index < -0.39 is 0 Å². The summed E-state index contributed by atoms with van der Waals surface area (Å²) in [5.41, 5.74) is 5.42. The summed E-state index contributed by atoms with van der Waals surface area (Å²) < 4.78 is 5.53. The van der Waals surface area contributed by atoms with E-state index in [-0.39, 0.29) is 5.91 Å². The minimum Gasteiger partial charge on any atom is -0.493 e. The van der Waals surface area contributed by atoms with E-state index in [1.54, 1.807) is 0 Å². The molecule has 2 aliphatic heterocycles. The summed E-state index contributed by atoms with van der Waals surface area (Å²) in [6.07, 6.45) is 2.69. The summed E-state index contributed by atoms with van der Waals surface area (Å²) in [4.78, 5) is 14.9. The molecule has 0 bridgehead atoms. The van der Waals surface area contributed by atoms with Gasteiger partial charge in [-0.2, -0.15) is 5.10 Å². The third-order valence-electron chi connectivity index (χ3n) is 4.84. The Morgan fingerprint density at radius 3 is 3.08 bits per heavy atom. The van der Waals surface area contributed by atoms with Gasteiger partial charge in [0.2, 0.25) is 0 Å². The molecule has 0 aliphatic carbocycles. The van der Waals surface area contributed by atoms with Crippen LogP contribution in [0.15, 0.2) is 18.2 Å². The summed E-state index contributed by atoms with van der Waals surface area (Å²) in [5.74, 6) is 1.58. The second-order valence-electron chi connectivity index (χ2n) is 7.12. The van der Waals surface area contributed by atoms with Gasteiger partial charge in [-0.05, 0) is 36.1 Å². The van der Waals surface area contributed by atoms with E-state index in [1.165, 1.54) is 11.3 Å². The first kappa shape index (κ1) is 15.2. The SMILES string of the molecule is CC(C)Cc1n[nH]c2c1CN(C(=O)c1ccc3c(c1)CCO3)CC2. The Bertz CT molecular complexity index is 779. The number of amides is 1. The number of aromatic amines is 1. The number of fused-ring (bicyclic) bond motifs is 2. The largest absolute Gasteiger partial charge is 0.493 e. The van der Waals surface area contributed by atoms with Gasteiger partial charge in [0.15, 0.2) is 0 Å². The van der Waals surface area contributed by atoms with Gasteiger partial charge in [0.05, 0.1) is 12.3 Å². The van der Waals surface area contributed by atoms with Gasteiger partial charge in [-0.1, -0.05) is 13.8 Å². The Morgan fingerprint density at radius 2 is 2.25 bits per heavy atom. The molecule has 0 atom stereocenters. The number of hydrogen-bond donors (Lipinski definition) is 1. The van der Waals surface area contributed by atoms with Crippen LogP contribution in [0.25, 0.3) is 0 Å². The molecule has 0 radical (unpaired) electrons. The van der Waals surface area contributed by atoms with Crippen LogP contribution in [-0.4, -0.2) is 34.2 Å². The third kappa shape index (κ3) is 2.68. The van der Waals surface area contributed by atoms with E-state index >= 15 is 0 Å². The smallest absolute Gasteiger partial charge is 0.254 e. The second kappa shape index (κ2) is 5.96. The quantitative estimate of drug-likeness (QED) is 0.944. The van der Waals surface area contributed by atoms with Gasteiger partial charge in [-0.25, -0.2) is 0 Å². The van der Waals surface area contributed by atoms with Gasteiger partial charge in [-0.3, -0.25) is 9.89 Å². The molecule has 5 heteroatoms. The van der Waals surface area contributed by atoms with E-state index in [2.05, 4.69) is 24.0 Å². The number of nitrogens with one attached hydrogen (secondary N) is 1. The maximum absolute atomic E-state index is 12.9. The van der Waals surface area contributed by atoms with Crippen LogP contribution in [0.1, 0.15) is 46.7 Å². The highest BCUT2D eigenvalue weighted by atomic mass is 16.5. The van der Waals surface area contributed by atoms with Gasteiger partial charge >= 0.3 is 0 Å². The Hall–Kier alpha value is -2.30. The minimum absolute atomic E-state index is 0.104. The molecule has 126 valence electrons. The molecule has 4 rings (SSSR count). The minimum atomic E-state index is 0.104. The first-order chi connectivity index (χ1) is 11.6. The molecule has 1 amide bonds. The van der Waals surface area contributed by atoms with Crippen LogP contribution in [0.5, 0.6) is 5.75 Å². The molecule has 1 aromatic carbocycles. The van der Waals surface area contributed by atoms with Crippen LogP contribution in [0, 0.1) is 5.92 Å². The number of benzene rings is 1. The van der Waals surface area contributed by atoms with E-state index in [9.17, 15) is 4.79 Å². The first-order valence-electron chi connectivity index (χ1n) is 8.72. The molecule has 5 nitrogen and oxygen atoms in total. The molecule has 0 fully saturated rings. The summed E-state index contributed by atoms with van der Waals surface area (Å²) in [5, 5.41) is 7.63. The molecule has 0 unspecified atom stereocenters. The Morgan fingerprint density at radius 1 is 1.38 bits per heavy atom. The average molecular weight is 325 g/mol. The van der Waals surface area contributed by atoms with E-state index in [0.717, 1.165) is 48.4 Å². The molecule has 3 heterocycles. The highest BCUT2D eigenvalue weighted by Crippen LogP contribution is 2.28. The molecule has 0 saturated heterocycles. The highest BCUT2D eigenvalue weighted by molar-refractivity contribution is 5.94. The van der Waals surface area contributed by atoms with Crippen molar-refractivity contribution in [1.29, 1.82) is 0 Å². The summed E-state index contributed by atoms with van der Waals surface area (Å²) in [6, 6.07) is 5.80. The number of carbonyl (C=O) groups is 1. The zero-order valence-electron chi connectivity index (χ0n) is 14.3. The summed E-state index contributed by atoms with van der Waals surface area (Å²) >= 11 is 0. The Labute approximate surface area is 142 Å². The lowest BCUT2D eigenvalue weighted by Crippen LogP contribution is -2.36. The number of aromatic nitrogens is 2. The van der Waals surface area contributed by atoms with Crippen LogP contribution in [0.3, 0.4) is 0 Å². The fourth-order valence-corrected chi connectivity index (χ4v) is 3.59. The number of ether oxygens (including phenoxy) is 1. The first-order valence-corrected chi connectivity index (χ1v) is 8.72. The van der Waals surface area contributed by atoms with Crippen LogP contribution in [-0.2, 0) is 25.8 Å². The van der Waals surface area contributed by atoms with Crippen LogP contribution in [0.4, 0.5) is 0 Å². The van der Waals surface area contributed by atoms with Gasteiger partial charge < -0.3 is 9.64 Å². The maximum atomic E-state index is 12.9. The monoisotopic (exact) mass is 325 g/mol. The van der Waals surface area contributed by atoms with Crippen molar-refractivity contribution in [2.24, 2.45) is 5.92 Å². The molecule has 1 N–H and O–H groups in total. The third-order valence-corrected chi connectivity index (χ3v) is 4.84. The van der Waals surface area contributed by atoms with Gasteiger partial charge in [0.1, 0.15) is 5.75 Å². The maximum Gasteiger partial charge on any atom is 0.254 e. The molecule has 0 spiro atoms. The standard InChI is InChI=1S/C19H23N3O2/c1-12(2)9-17-15-11-22(7-5-16(15)20-21-17)19(23)14-3-4-18-13(10-14)6-8-24-18/h3-4,10,12H,5-9,11H2,1-2H3,(H,20,21). The number of H-pyrrole nitrogens is 1. The van der Waals surface area contributed by atoms with E-state index in [0.29, 0.717) is 19.1 Å². The fraction of sp³-hybridized carbons (Fsp3) is 0.474. The average Bonchev–Trinajstić information content (AvgIpc) is 3.19. The topological polar surface area (TPSA) is 58.2 Å². The van der Waals surface area contributed by atoms with Gasteiger partial charge in [-0.15, -0.1) is 0 Å². The molecular weight excluding hydrogens is 302 g/mol. The normalized spacial score (nSPS) is 16.0. The van der Waals surface area contributed by atoms with Crippen molar-refractivity contribution in [3.63, 3.8) is 0 Å². The summed E-state index contributed by atoms with van der Waals surface area (Å²) in [6.45, 7) is 6.50. The van der Waals surface area contributed by atoms with Gasteiger partial charge in [0, 0.05) is 42.8 Å². The van der Waals surface area contributed by atoms with Crippen molar-refractivity contribution in [3.8, 4) is 5.75 Å². The zero-order chi connectivity index (χ0) is 16.7. The van der Waals surface area contributed by atoms with Crippen molar-refractivity contribution in [2.45, 2.75) is 39.7 Å². The number of carbonyl (C=O) groups excluding carboxylic acids is 1. The molecule has 1 aromatic heterocycles. The van der Waals surface area contributed by atoms with Crippen molar-refractivity contribution in [3.05, 3.63) is 46.3 Å². The predicted molar refractivity (Wildman–Crippen MR) is 91.2 cm³/mol. The Kier molecular flexibility index (Phi) is 3.79. The summed E-state index contributed by atoms with van der Waals surface area (Å²) in [7, 11) is 0. The lowest BCUT2D eigenvalue weighted by atomic mass is 9.99. The predicted octanol–water partition coefficient (Wildman–Crippen LogP) is 2.74. The van der Waals surface area contributed by atoms with Crippen LogP contribution in [0.2, 0.25) is 0 Å². The fourth-order valence-electron chi connectivity index (χ4n) is 3.59. The van der Waals surface area contributed by atoms with Gasteiger partial charge in [0.25, 0.3) is 5.91 Å². The number of hydrogen-bond acceptors (Lipinski definition) is 3. The van der Waals surface area contributed by atoms with Crippen LogP contribution < -0.4 is 4.74 Å². The van der Waals surface area contributed by atoms with Crippen molar-refractivity contribution in [1.82, 2.24) is 15.1 Å². The number of nitrogens with zero attached hydrogens (tertiary/aromatic N) is 2. The molecule has 0 saturated carbocycles.